The molecule has 0 aromatic heterocycles. The third-order valence-electron chi connectivity index (χ3n) is 11.8. The normalized spacial score (nSPS) is 17.0. The molecule has 1 fully saturated rings. The van der Waals surface area contributed by atoms with Crippen LogP contribution in [0.3, 0.4) is 0 Å². The van der Waals surface area contributed by atoms with Gasteiger partial charge in [0.05, 0.1) is 19.3 Å². The minimum atomic E-state index is -0.468. The predicted octanol–water partition coefficient (Wildman–Crippen LogP) is 14.2. The smallest absolute Gasteiger partial charge is 0.306 e. The van der Waals surface area contributed by atoms with Gasteiger partial charge in [0.2, 0.25) is 0 Å². The fourth-order valence-electron chi connectivity index (χ4n) is 8.07. The van der Waals surface area contributed by atoms with E-state index < -0.39 is 5.79 Å². The van der Waals surface area contributed by atoms with Crippen molar-refractivity contribution in [2.24, 2.45) is 0 Å². The van der Waals surface area contributed by atoms with Crippen LogP contribution in [0.1, 0.15) is 252 Å². The van der Waals surface area contributed by atoms with Crippen LogP contribution >= 0.6 is 0 Å². The number of ether oxygens (including phenoxy) is 4. The van der Waals surface area contributed by atoms with E-state index in [1.54, 1.807) is 0 Å². The Morgan fingerprint density at radius 2 is 1.00 bits per heavy atom. The Morgan fingerprint density at radius 3 is 1.50 bits per heavy atom. The van der Waals surface area contributed by atoms with Crippen LogP contribution in [0, 0.1) is 0 Å². The first-order chi connectivity index (χ1) is 27.3. The third-order valence-corrected chi connectivity index (χ3v) is 11.8. The van der Waals surface area contributed by atoms with Gasteiger partial charge in [0.1, 0.15) is 6.10 Å². The molecule has 0 aromatic rings. The van der Waals surface area contributed by atoms with E-state index in [0.717, 1.165) is 109 Å². The van der Waals surface area contributed by atoms with E-state index in [9.17, 15) is 9.59 Å². The average molecular weight is 794 g/mol. The molecule has 1 aliphatic heterocycles. The second-order valence-electron chi connectivity index (χ2n) is 17.7. The zero-order valence-electron chi connectivity index (χ0n) is 38.1. The lowest BCUT2D eigenvalue weighted by Crippen LogP contribution is -2.31. The summed E-state index contributed by atoms with van der Waals surface area (Å²) in [7, 11) is 4.23. The second kappa shape index (κ2) is 38.0. The quantitative estimate of drug-likeness (QED) is 0.0450. The van der Waals surface area contributed by atoms with Gasteiger partial charge in [-0.25, -0.2) is 0 Å². The number of carbonyl (C=O) groups is 2. The van der Waals surface area contributed by atoms with Crippen LogP contribution in [0.15, 0.2) is 0 Å². The summed E-state index contributed by atoms with van der Waals surface area (Å²) < 4.78 is 24.7. The SMILES string of the molecule is CCCCCCCCCCC(=O)OCCCCCC[C@@]1(CCCCCCCC(=O)OC(CCCCCCCC)CCCCCCCC)OC[C@H](CCN(C)C)O1. The lowest BCUT2D eigenvalue weighted by Gasteiger charge is -2.29. The van der Waals surface area contributed by atoms with Gasteiger partial charge < -0.3 is 23.8 Å². The van der Waals surface area contributed by atoms with Gasteiger partial charge in [0, 0.05) is 32.2 Å². The van der Waals surface area contributed by atoms with Gasteiger partial charge in [0.15, 0.2) is 5.79 Å². The van der Waals surface area contributed by atoms with Gasteiger partial charge in [-0.2, -0.15) is 0 Å². The van der Waals surface area contributed by atoms with E-state index >= 15 is 0 Å². The standard InChI is InChI=1S/C49H95NO6/c1-6-9-12-15-18-19-23-30-37-47(51)53-43-34-27-26-33-41-49(54-44-46(56-49)39-42-50(4)5)40-32-25-20-24-31-38-48(52)55-45(35-28-21-16-13-10-7-2)36-29-22-17-14-11-8-3/h45-46H,6-44H2,1-5H3/t46-,49-/m0/s1. The molecule has 1 saturated heterocycles. The summed E-state index contributed by atoms with van der Waals surface area (Å²) in [6.45, 7) is 9.01. The number of esters is 2. The Bertz CT molecular complexity index is 867. The molecule has 0 N–H and O–H groups in total. The highest BCUT2D eigenvalue weighted by Crippen LogP contribution is 2.35. The van der Waals surface area contributed by atoms with Gasteiger partial charge in [-0.05, 0) is 78.3 Å². The number of nitrogens with zero attached hydrogens (tertiary/aromatic N) is 1. The molecule has 1 rings (SSSR count). The van der Waals surface area contributed by atoms with Crippen molar-refractivity contribution in [3.05, 3.63) is 0 Å². The van der Waals surface area contributed by atoms with Crippen molar-refractivity contribution < 1.29 is 28.5 Å². The third kappa shape index (κ3) is 31.8. The van der Waals surface area contributed by atoms with Crippen molar-refractivity contribution in [3.63, 3.8) is 0 Å². The van der Waals surface area contributed by atoms with Crippen molar-refractivity contribution >= 4 is 11.9 Å². The maximum Gasteiger partial charge on any atom is 0.306 e. The predicted molar refractivity (Wildman–Crippen MR) is 236 cm³/mol. The molecular weight excluding hydrogens is 699 g/mol. The van der Waals surface area contributed by atoms with Gasteiger partial charge in [-0.3, -0.25) is 9.59 Å². The van der Waals surface area contributed by atoms with Crippen LogP contribution in [-0.2, 0) is 28.5 Å². The summed E-state index contributed by atoms with van der Waals surface area (Å²) in [6, 6.07) is 0. The highest BCUT2D eigenvalue weighted by Gasteiger charge is 2.40. The van der Waals surface area contributed by atoms with Crippen LogP contribution < -0.4 is 0 Å². The molecule has 0 aliphatic carbocycles. The average Bonchev–Trinajstić information content (AvgIpc) is 3.59. The van der Waals surface area contributed by atoms with Gasteiger partial charge in [-0.15, -0.1) is 0 Å². The van der Waals surface area contributed by atoms with E-state index in [0.29, 0.717) is 26.1 Å². The summed E-state index contributed by atoms with van der Waals surface area (Å²) in [5, 5.41) is 0. The molecule has 0 radical (unpaired) electrons. The molecule has 7 heteroatoms. The first-order valence-corrected chi connectivity index (χ1v) is 24.7. The monoisotopic (exact) mass is 794 g/mol. The van der Waals surface area contributed by atoms with Crippen molar-refractivity contribution in [1.29, 1.82) is 0 Å². The highest BCUT2D eigenvalue weighted by molar-refractivity contribution is 5.69. The highest BCUT2D eigenvalue weighted by atomic mass is 16.7. The molecule has 0 saturated carbocycles. The zero-order chi connectivity index (χ0) is 40.8. The van der Waals surface area contributed by atoms with Gasteiger partial charge >= 0.3 is 11.9 Å². The number of rotatable bonds is 42. The Hall–Kier alpha value is -1.18. The van der Waals surface area contributed by atoms with Gasteiger partial charge in [0.25, 0.3) is 0 Å². The number of unbranched alkanes of at least 4 members (excludes halogenated alkanes) is 24. The first kappa shape index (κ1) is 52.8. The lowest BCUT2D eigenvalue weighted by molar-refractivity contribution is -0.180. The fourth-order valence-corrected chi connectivity index (χ4v) is 8.07. The van der Waals surface area contributed by atoms with Crippen LogP contribution in [0.4, 0.5) is 0 Å². The molecule has 0 bridgehead atoms. The maximum atomic E-state index is 12.9. The lowest BCUT2D eigenvalue weighted by atomic mass is 9.99. The molecule has 1 aliphatic rings. The zero-order valence-corrected chi connectivity index (χ0v) is 38.1. The molecule has 332 valence electrons. The Morgan fingerprint density at radius 1 is 0.571 bits per heavy atom. The molecule has 0 spiro atoms. The summed E-state index contributed by atoms with van der Waals surface area (Å²) in [6.07, 6.45) is 41.1. The largest absolute Gasteiger partial charge is 0.466 e. The topological polar surface area (TPSA) is 74.3 Å². The fraction of sp³-hybridized carbons (Fsp3) is 0.959. The summed E-state index contributed by atoms with van der Waals surface area (Å²) in [5.74, 6) is -0.485. The summed E-state index contributed by atoms with van der Waals surface area (Å²) >= 11 is 0. The van der Waals surface area contributed by atoms with Crippen molar-refractivity contribution in [1.82, 2.24) is 4.90 Å². The number of carbonyl (C=O) groups excluding carboxylic acids is 2. The molecule has 0 unspecified atom stereocenters. The van der Waals surface area contributed by atoms with E-state index in [1.165, 1.54) is 116 Å². The van der Waals surface area contributed by atoms with Crippen molar-refractivity contribution in [2.45, 2.75) is 270 Å². The summed E-state index contributed by atoms with van der Waals surface area (Å²) in [4.78, 5) is 27.2. The van der Waals surface area contributed by atoms with E-state index in [-0.39, 0.29) is 24.1 Å². The van der Waals surface area contributed by atoms with E-state index in [4.69, 9.17) is 18.9 Å². The molecule has 1 heterocycles. The minimum absolute atomic E-state index is 0.0133. The number of hydrogen-bond donors (Lipinski definition) is 0. The molecule has 56 heavy (non-hydrogen) atoms. The summed E-state index contributed by atoms with van der Waals surface area (Å²) in [5.41, 5.74) is 0. The van der Waals surface area contributed by atoms with Crippen molar-refractivity contribution in [2.75, 3.05) is 33.9 Å². The van der Waals surface area contributed by atoms with Crippen LogP contribution in [-0.4, -0.2) is 68.7 Å². The van der Waals surface area contributed by atoms with Crippen LogP contribution in [0.2, 0.25) is 0 Å². The maximum absolute atomic E-state index is 12.9. The van der Waals surface area contributed by atoms with Gasteiger partial charge in [-0.1, -0.05) is 162 Å². The Kier molecular flexibility index (Phi) is 35.9. The van der Waals surface area contributed by atoms with E-state index in [2.05, 4.69) is 39.8 Å². The molecule has 0 aromatic carbocycles. The molecule has 2 atom stereocenters. The number of hydrogen-bond acceptors (Lipinski definition) is 7. The second-order valence-corrected chi connectivity index (χ2v) is 17.7. The first-order valence-electron chi connectivity index (χ1n) is 24.7. The Balaban J connectivity index is 2.32. The molecule has 7 nitrogen and oxygen atoms in total. The minimum Gasteiger partial charge on any atom is -0.466 e. The van der Waals surface area contributed by atoms with Crippen molar-refractivity contribution in [3.8, 4) is 0 Å². The van der Waals surface area contributed by atoms with Crippen LogP contribution in [0.25, 0.3) is 0 Å². The van der Waals surface area contributed by atoms with Crippen LogP contribution in [0.5, 0.6) is 0 Å². The molecule has 0 amide bonds. The van der Waals surface area contributed by atoms with E-state index in [1.807, 2.05) is 0 Å². The molecular formula is C49H95NO6. The Labute approximate surface area is 348 Å².